The SMILES string of the molecule is C[C@H](O)CN1CCC(CNCc2cccc3c2OCO3)CC1. The summed E-state index contributed by atoms with van der Waals surface area (Å²) in [6.45, 7) is 7.02. The van der Waals surface area contributed by atoms with Crippen molar-refractivity contribution in [1.82, 2.24) is 10.2 Å². The average Bonchev–Trinajstić information content (AvgIpc) is 2.98. The van der Waals surface area contributed by atoms with Crippen molar-refractivity contribution >= 4 is 0 Å². The van der Waals surface area contributed by atoms with Crippen LogP contribution in [0.3, 0.4) is 0 Å². The summed E-state index contributed by atoms with van der Waals surface area (Å²) < 4.78 is 10.9. The van der Waals surface area contributed by atoms with Crippen LogP contribution in [0, 0.1) is 5.92 Å². The van der Waals surface area contributed by atoms with Gasteiger partial charge in [-0.1, -0.05) is 12.1 Å². The largest absolute Gasteiger partial charge is 0.454 e. The molecular weight excluding hydrogens is 280 g/mol. The van der Waals surface area contributed by atoms with Crippen molar-refractivity contribution in [2.45, 2.75) is 32.4 Å². The van der Waals surface area contributed by atoms with E-state index in [2.05, 4.69) is 16.3 Å². The van der Waals surface area contributed by atoms with E-state index >= 15 is 0 Å². The summed E-state index contributed by atoms with van der Waals surface area (Å²) in [6.07, 6.45) is 2.18. The van der Waals surface area contributed by atoms with Gasteiger partial charge < -0.3 is 24.8 Å². The van der Waals surface area contributed by atoms with E-state index in [0.717, 1.165) is 50.1 Å². The molecule has 122 valence electrons. The molecule has 1 saturated heterocycles. The van der Waals surface area contributed by atoms with Crippen LogP contribution in [0.1, 0.15) is 25.3 Å². The molecule has 22 heavy (non-hydrogen) atoms. The Morgan fingerprint density at radius 1 is 1.32 bits per heavy atom. The van der Waals surface area contributed by atoms with Crippen LogP contribution < -0.4 is 14.8 Å². The van der Waals surface area contributed by atoms with Gasteiger partial charge >= 0.3 is 0 Å². The second kappa shape index (κ2) is 7.31. The van der Waals surface area contributed by atoms with Crippen molar-refractivity contribution in [3.8, 4) is 11.5 Å². The third-order valence-electron chi connectivity index (χ3n) is 4.46. The first-order chi connectivity index (χ1) is 10.7. The van der Waals surface area contributed by atoms with Crippen LogP contribution in [0.5, 0.6) is 11.5 Å². The Hall–Kier alpha value is -1.30. The fourth-order valence-electron chi connectivity index (χ4n) is 3.29. The number of benzene rings is 1. The summed E-state index contributed by atoms with van der Waals surface area (Å²) in [4.78, 5) is 2.36. The molecule has 5 heteroatoms. The zero-order valence-corrected chi connectivity index (χ0v) is 13.3. The number of fused-ring (bicyclic) bond motifs is 1. The van der Waals surface area contributed by atoms with Crippen LogP contribution in [0.25, 0.3) is 0 Å². The highest BCUT2D eigenvalue weighted by molar-refractivity contribution is 5.48. The van der Waals surface area contributed by atoms with Crippen LogP contribution in [-0.2, 0) is 6.54 Å². The number of hydrogen-bond acceptors (Lipinski definition) is 5. The number of aliphatic hydroxyl groups is 1. The lowest BCUT2D eigenvalue weighted by Crippen LogP contribution is -2.40. The van der Waals surface area contributed by atoms with E-state index in [9.17, 15) is 5.11 Å². The molecule has 2 heterocycles. The molecule has 3 rings (SSSR count). The molecule has 0 saturated carbocycles. The molecule has 1 aromatic carbocycles. The molecule has 1 fully saturated rings. The maximum atomic E-state index is 9.44. The maximum Gasteiger partial charge on any atom is 0.231 e. The number of ether oxygens (including phenoxy) is 2. The molecular formula is C17H26N2O3. The van der Waals surface area contributed by atoms with Gasteiger partial charge in [-0.15, -0.1) is 0 Å². The third kappa shape index (κ3) is 3.91. The van der Waals surface area contributed by atoms with E-state index in [1.165, 1.54) is 18.4 Å². The highest BCUT2D eigenvalue weighted by Crippen LogP contribution is 2.35. The van der Waals surface area contributed by atoms with Crippen LogP contribution >= 0.6 is 0 Å². The summed E-state index contributed by atoms with van der Waals surface area (Å²) in [5, 5.41) is 13.0. The van der Waals surface area contributed by atoms with E-state index in [-0.39, 0.29) is 6.10 Å². The monoisotopic (exact) mass is 306 g/mol. The lowest BCUT2D eigenvalue weighted by molar-refractivity contribution is 0.0998. The van der Waals surface area contributed by atoms with Gasteiger partial charge in [-0.2, -0.15) is 0 Å². The summed E-state index contributed by atoms with van der Waals surface area (Å²) in [6, 6.07) is 6.05. The lowest BCUT2D eigenvalue weighted by Gasteiger charge is -2.32. The Balaban J connectivity index is 1.40. The minimum Gasteiger partial charge on any atom is -0.454 e. The quantitative estimate of drug-likeness (QED) is 0.836. The molecule has 1 aromatic rings. The van der Waals surface area contributed by atoms with Gasteiger partial charge in [-0.3, -0.25) is 0 Å². The van der Waals surface area contributed by atoms with Crippen LogP contribution in [-0.4, -0.2) is 49.1 Å². The minimum atomic E-state index is -0.225. The summed E-state index contributed by atoms with van der Waals surface area (Å²) >= 11 is 0. The van der Waals surface area contributed by atoms with E-state index < -0.39 is 0 Å². The summed E-state index contributed by atoms with van der Waals surface area (Å²) in [5.74, 6) is 2.46. The number of piperidine rings is 1. The van der Waals surface area contributed by atoms with Gasteiger partial charge in [0.25, 0.3) is 0 Å². The van der Waals surface area contributed by atoms with Gasteiger partial charge in [0, 0.05) is 18.7 Å². The topological polar surface area (TPSA) is 54.0 Å². The van der Waals surface area contributed by atoms with Gasteiger partial charge in [-0.25, -0.2) is 0 Å². The first kappa shape index (κ1) is 15.6. The smallest absolute Gasteiger partial charge is 0.231 e. The molecule has 0 amide bonds. The van der Waals surface area contributed by atoms with Crippen molar-refractivity contribution in [3.05, 3.63) is 23.8 Å². The first-order valence-corrected chi connectivity index (χ1v) is 8.21. The zero-order chi connectivity index (χ0) is 15.4. The Morgan fingerprint density at radius 2 is 2.14 bits per heavy atom. The Labute approximate surface area is 132 Å². The van der Waals surface area contributed by atoms with E-state index in [1.807, 2.05) is 19.1 Å². The molecule has 2 aliphatic rings. The standard InChI is InChI=1S/C17H26N2O3/c1-13(20)11-19-7-5-14(6-8-19)9-18-10-15-3-2-4-16-17(15)22-12-21-16/h2-4,13-14,18,20H,5-12H2,1H3/t13-/m0/s1. The van der Waals surface area contributed by atoms with Crippen LogP contribution in [0.15, 0.2) is 18.2 Å². The maximum absolute atomic E-state index is 9.44. The Morgan fingerprint density at radius 3 is 2.91 bits per heavy atom. The molecule has 0 spiro atoms. The summed E-state index contributed by atoms with van der Waals surface area (Å²) in [5.41, 5.74) is 1.17. The number of rotatable bonds is 6. The zero-order valence-electron chi connectivity index (χ0n) is 13.3. The van der Waals surface area contributed by atoms with Crippen LogP contribution in [0.4, 0.5) is 0 Å². The highest BCUT2D eigenvalue weighted by Gasteiger charge is 2.20. The van der Waals surface area contributed by atoms with E-state index in [1.54, 1.807) is 0 Å². The fraction of sp³-hybridized carbons (Fsp3) is 0.647. The van der Waals surface area contributed by atoms with Gasteiger partial charge in [0.2, 0.25) is 6.79 Å². The van der Waals surface area contributed by atoms with E-state index in [0.29, 0.717) is 6.79 Å². The van der Waals surface area contributed by atoms with Crippen molar-refractivity contribution in [3.63, 3.8) is 0 Å². The third-order valence-corrected chi connectivity index (χ3v) is 4.46. The van der Waals surface area contributed by atoms with Gasteiger partial charge in [0.15, 0.2) is 11.5 Å². The summed E-state index contributed by atoms with van der Waals surface area (Å²) in [7, 11) is 0. The normalized spacial score (nSPS) is 20.3. The molecule has 0 bridgehead atoms. The number of para-hydroxylation sites is 1. The van der Waals surface area contributed by atoms with Gasteiger partial charge in [0.05, 0.1) is 6.10 Å². The number of likely N-dealkylation sites (tertiary alicyclic amines) is 1. The predicted molar refractivity (Wildman–Crippen MR) is 85.1 cm³/mol. The van der Waals surface area contributed by atoms with Gasteiger partial charge in [0.1, 0.15) is 0 Å². The molecule has 0 aromatic heterocycles. The molecule has 0 radical (unpaired) electrons. The number of nitrogens with zero attached hydrogens (tertiary/aromatic N) is 1. The van der Waals surface area contributed by atoms with Crippen molar-refractivity contribution in [1.29, 1.82) is 0 Å². The Kier molecular flexibility index (Phi) is 5.18. The highest BCUT2D eigenvalue weighted by atomic mass is 16.7. The number of aliphatic hydroxyl groups excluding tert-OH is 1. The number of β-amino-alcohol motifs (C(OH)–C–C–N with tert-alkyl or cyclic N) is 1. The predicted octanol–water partition coefficient (Wildman–Crippen LogP) is 1.60. The fourth-order valence-corrected chi connectivity index (χ4v) is 3.29. The lowest BCUT2D eigenvalue weighted by atomic mass is 9.96. The number of nitrogens with one attached hydrogen (secondary N) is 1. The van der Waals surface area contributed by atoms with Gasteiger partial charge in [-0.05, 0) is 51.4 Å². The Bertz CT molecular complexity index is 485. The number of hydrogen-bond donors (Lipinski definition) is 2. The minimum absolute atomic E-state index is 0.225. The average molecular weight is 306 g/mol. The van der Waals surface area contributed by atoms with Crippen LogP contribution in [0.2, 0.25) is 0 Å². The molecule has 2 N–H and O–H groups in total. The molecule has 0 aliphatic carbocycles. The molecule has 5 nitrogen and oxygen atoms in total. The molecule has 1 atom stereocenters. The van der Waals surface area contributed by atoms with Crippen molar-refractivity contribution in [2.75, 3.05) is 33.0 Å². The van der Waals surface area contributed by atoms with Crippen molar-refractivity contribution in [2.24, 2.45) is 5.92 Å². The molecule has 2 aliphatic heterocycles. The first-order valence-electron chi connectivity index (χ1n) is 8.21. The second-order valence-electron chi connectivity index (χ2n) is 6.37. The van der Waals surface area contributed by atoms with E-state index in [4.69, 9.17) is 9.47 Å². The molecule has 0 unspecified atom stereocenters. The van der Waals surface area contributed by atoms with Crippen molar-refractivity contribution < 1.29 is 14.6 Å². The second-order valence-corrected chi connectivity index (χ2v) is 6.37.